The van der Waals surface area contributed by atoms with E-state index in [9.17, 15) is 0 Å². The number of fused-ring (bicyclic) bond motifs is 1. The summed E-state index contributed by atoms with van der Waals surface area (Å²) < 4.78 is 0. The van der Waals surface area contributed by atoms with Crippen LogP contribution in [0.1, 0.15) is 64.7 Å². The van der Waals surface area contributed by atoms with E-state index in [0.717, 1.165) is 11.8 Å². The van der Waals surface area contributed by atoms with Crippen LogP contribution in [0, 0.1) is 11.8 Å². The molecular formula is C22H29N. The first kappa shape index (κ1) is 14.3. The quantitative estimate of drug-likeness (QED) is 0.606. The molecule has 0 aromatic rings. The normalized spacial score (nSPS) is 28.6. The molecule has 0 aliphatic heterocycles. The lowest BCUT2D eigenvalue weighted by atomic mass is 9.56. The fraction of sp³-hybridized carbons (Fsp3) is 0.636. The monoisotopic (exact) mass is 307 g/mol. The van der Waals surface area contributed by atoms with E-state index in [1.54, 1.807) is 16.7 Å². The molecule has 1 nitrogen and oxygen atoms in total. The molecule has 4 bridgehead atoms. The molecule has 8 aliphatic carbocycles. The van der Waals surface area contributed by atoms with Crippen LogP contribution in [0.15, 0.2) is 45.1 Å². The van der Waals surface area contributed by atoms with E-state index in [1.807, 2.05) is 22.3 Å². The van der Waals surface area contributed by atoms with Crippen LogP contribution in [0.4, 0.5) is 0 Å². The van der Waals surface area contributed by atoms with Gasteiger partial charge in [0.25, 0.3) is 0 Å². The van der Waals surface area contributed by atoms with E-state index in [1.165, 1.54) is 57.8 Å². The molecule has 0 saturated heterocycles. The van der Waals surface area contributed by atoms with Crippen LogP contribution in [0.3, 0.4) is 0 Å². The number of hydrogen-bond donors (Lipinski definition) is 1. The lowest BCUT2D eigenvalue weighted by molar-refractivity contribution is 0.408. The van der Waals surface area contributed by atoms with Crippen molar-refractivity contribution in [1.29, 1.82) is 0 Å². The summed E-state index contributed by atoms with van der Waals surface area (Å²) in [5.74, 6) is 1.72. The summed E-state index contributed by atoms with van der Waals surface area (Å²) in [6.45, 7) is 2.31. The van der Waals surface area contributed by atoms with Crippen molar-refractivity contribution in [2.24, 2.45) is 11.8 Å². The Morgan fingerprint density at radius 1 is 1.13 bits per heavy atom. The average Bonchev–Trinajstić information content (AvgIpc) is 3.03. The van der Waals surface area contributed by atoms with Gasteiger partial charge in [0, 0.05) is 17.9 Å². The van der Waals surface area contributed by atoms with Crippen LogP contribution in [0.5, 0.6) is 0 Å². The molecule has 0 aromatic heterocycles. The van der Waals surface area contributed by atoms with Crippen LogP contribution >= 0.6 is 0 Å². The van der Waals surface area contributed by atoms with Crippen LogP contribution in [-0.4, -0.2) is 13.1 Å². The maximum absolute atomic E-state index is 3.60. The summed E-state index contributed by atoms with van der Waals surface area (Å²) in [4.78, 5) is 0. The average molecular weight is 307 g/mol. The lowest BCUT2D eigenvalue weighted by Crippen LogP contribution is -2.33. The van der Waals surface area contributed by atoms with Crippen LogP contribution in [0.2, 0.25) is 0 Å². The molecule has 2 unspecified atom stereocenters. The molecule has 3 saturated carbocycles. The van der Waals surface area contributed by atoms with Crippen molar-refractivity contribution in [2.45, 2.75) is 70.8 Å². The minimum Gasteiger partial charge on any atom is -0.317 e. The smallest absolute Gasteiger partial charge is 0.0106 e. The third-order valence-corrected chi connectivity index (χ3v) is 7.29. The zero-order valence-electron chi connectivity index (χ0n) is 14.7. The summed E-state index contributed by atoms with van der Waals surface area (Å²) in [5.41, 5.74) is 12.5. The highest BCUT2D eigenvalue weighted by atomic mass is 14.9. The van der Waals surface area contributed by atoms with Gasteiger partial charge in [-0.25, -0.2) is 0 Å². The van der Waals surface area contributed by atoms with E-state index in [-0.39, 0.29) is 0 Å². The summed E-state index contributed by atoms with van der Waals surface area (Å²) in [5, 5.41) is 3.60. The topological polar surface area (TPSA) is 12.0 Å². The second-order valence-corrected chi connectivity index (χ2v) is 8.28. The van der Waals surface area contributed by atoms with Gasteiger partial charge in [0.15, 0.2) is 0 Å². The molecule has 2 atom stereocenters. The van der Waals surface area contributed by atoms with E-state index < -0.39 is 0 Å². The molecular weight excluding hydrogens is 278 g/mol. The van der Waals surface area contributed by atoms with E-state index in [2.05, 4.69) is 25.4 Å². The molecule has 3 fully saturated rings. The second kappa shape index (κ2) is 5.21. The second-order valence-electron chi connectivity index (χ2n) is 8.28. The Hall–Kier alpha value is -1.08. The SMILES string of the molecule is CCC1=C2C(=CC1)C2CC(CCCC1C2=C3CC(=C1C2)C3)NC. The fourth-order valence-corrected chi connectivity index (χ4v) is 5.69. The Balaban J connectivity index is 1.12. The van der Waals surface area contributed by atoms with Crippen molar-refractivity contribution >= 4 is 0 Å². The number of hydrogen-bond acceptors (Lipinski definition) is 1. The predicted molar refractivity (Wildman–Crippen MR) is 96.2 cm³/mol. The van der Waals surface area contributed by atoms with Gasteiger partial charge in [0.05, 0.1) is 0 Å². The third-order valence-electron chi connectivity index (χ3n) is 7.29. The standard InChI is InChI=1S/C22H29N/c1-3-13-7-8-18-21(22(13)18)11-16(23-2)5-4-6-17-19-12-20(17)15-9-14(19)10-15/h8,16-17,21,23H,3-7,9-12H2,1-2H3. The highest BCUT2D eigenvalue weighted by Crippen LogP contribution is 2.59. The number of rotatable bonds is 8. The van der Waals surface area contributed by atoms with E-state index in [0.29, 0.717) is 6.04 Å². The molecule has 0 aromatic carbocycles. The summed E-state index contributed by atoms with van der Waals surface area (Å²) in [6, 6.07) is 0.710. The molecule has 0 amide bonds. The largest absolute Gasteiger partial charge is 0.317 e. The van der Waals surface area contributed by atoms with Crippen molar-refractivity contribution in [3.05, 3.63) is 45.1 Å². The van der Waals surface area contributed by atoms with Crippen LogP contribution < -0.4 is 5.32 Å². The Morgan fingerprint density at radius 3 is 2.57 bits per heavy atom. The molecule has 23 heavy (non-hydrogen) atoms. The van der Waals surface area contributed by atoms with Crippen molar-refractivity contribution in [3.8, 4) is 0 Å². The molecule has 1 heteroatoms. The summed E-state index contributed by atoms with van der Waals surface area (Å²) in [6.07, 6.45) is 14.6. The van der Waals surface area contributed by atoms with Gasteiger partial charge in [0.1, 0.15) is 0 Å². The van der Waals surface area contributed by atoms with Crippen molar-refractivity contribution in [1.82, 2.24) is 5.32 Å². The van der Waals surface area contributed by atoms with Gasteiger partial charge < -0.3 is 5.32 Å². The Bertz CT molecular complexity index is 651. The molecule has 8 aliphatic rings. The number of allylic oxidation sites excluding steroid dienone is 8. The maximum Gasteiger partial charge on any atom is 0.0106 e. The predicted octanol–water partition coefficient (Wildman–Crippen LogP) is 5.22. The molecule has 0 spiro atoms. The zero-order valence-corrected chi connectivity index (χ0v) is 14.7. The van der Waals surface area contributed by atoms with Gasteiger partial charge >= 0.3 is 0 Å². The highest BCUT2D eigenvalue weighted by Gasteiger charge is 2.44. The lowest BCUT2D eigenvalue weighted by Gasteiger charge is -2.49. The Morgan fingerprint density at radius 2 is 1.91 bits per heavy atom. The van der Waals surface area contributed by atoms with Crippen LogP contribution in [-0.2, 0) is 0 Å². The van der Waals surface area contributed by atoms with Gasteiger partial charge in [-0.3, -0.25) is 0 Å². The summed E-state index contributed by atoms with van der Waals surface area (Å²) in [7, 11) is 2.16. The molecule has 8 rings (SSSR count). The minimum atomic E-state index is 0.710. The van der Waals surface area contributed by atoms with Gasteiger partial charge in [-0.2, -0.15) is 0 Å². The van der Waals surface area contributed by atoms with Crippen LogP contribution in [0.25, 0.3) is 0 Å². The first-order valence-electron chi connectivity index (χ1n) is 9.81. The number of nitrogens with one attached hydrogen (secondary N) is 1. The molecule has 1 N–H and O–H groups in total. The van der Waals surface area contributed by atoms with Crippen molar-refractivity contribution < 1.29 is 0 Å². The third kappa shape index (κ3) is 2.09. The van der Waals surface area contributed by atoms with Crippen molar-refractivity contribution in [2.75, 3.05) is 7.05 Å². The molecule has 0 heterocycles. The summed E-state index contributed by atoms with van der Waals surface area (Å²) >= 11 is 0. The first-order chi connectivity index (χ1) is 11.3. The van der Waals surface area contributed by atoms with Gasteiger partial charge in [-0.05, 0) is 69.6 Å². The highest BCUT2D eigenvalue weighted by molar-refractivity contribution is 5.62. The van der Waals surface area contributed by atoms with Gasteiger partial charge in [-0.15, -0.1) is 0 Å². The Labute approximate surface area is 140 Å². The minimum absolute atomic E-state index is 0.710. The Kier molecular flexibility index (Phi) is 3.23. The fourth-order valence-electron chi connectivity index (χ4n) is 5.69. The molecule has 0 radical (unpaired) electrons. The van der Waals surface area contributed by atoms with Gasteiger partial charge in [0.2, 0.25) is 0 Å². The first-order valence-corrected chi connectivity index (χ1v) is 9.81. The maximum atomic E-state index is 3.60. The van der Waals surface area contributed by atoms with E-state index in [4.69, 9.17) is 0 Å². The van der Waals surface area contributed by atoms with E-state index >= 15 is 0 Å². The molecule has 122 valence electrons. The van der Waals surface area contributed by atoms with Crippen molar-refractivity contribution in [3.63, 3.8) is 0 Å². The van der Waals surface area contributed by atoms with Gasteiger partial charge in [-0.1, -0.05) is 47.3 Å². The zero-order chi connectivity index (χ0) is 15.6.